The van der Waals surface area contributed by atoms with E-state index in [0.29, 0.717) is 6.54 Å². The van der Waals surface area contributed by atoms with Gasteiger partial charge in [0.1, 0.15) is 6.04 Å². The number of methoxy groups -OCH3 is 1. The Bertz CT molecular complexity index is 351. The number of nitrogens with zero attached hydrogens (tertiary/aromatic N) is 1. The summed E-state index contributed by atoms with van der Waals surface area (Å²) in [5.74, 6) is -0.418. The van der Waals surface area contributed by atoms with E-state index in [2.05, 4.69) is 0 Å². The topological polar surface area (TPSA) is 49.8 Å². The number of likely N-dealkylation sites (N-methyl/N-ethyl adjacent to an activating group) is 1. The predicted molar refractivity (Wildman–Crippen MR) is 65.4 cm³/mol. The van der Waals surface area contributed by atoms with E-state index < -0.39 is 18.1 Å². The van der Waals surface area contributed by atoms with E-state index in [1.54, 1.807) is 18.9 Å². The first kappa shape index (κ1) is 13.7. The number of aliphatic hydroxyl groups is 1. The number of rotatable bonds is 5. The third-order valence-corrected chi connectivity index (χ3v) is 2.65. The molecular formula is C13H19NO3. The summed E-state index contributed by atoms with van der Waals surface area (Å²) in [7, 11) is 3.12. The molecule has 0 aliphatic heterocycles. The zero-order valence-corrected chi connectivity index (χ0v) is 10.5. The molecule has 0 amide bonds. The molecule has 0 fully saturated rings. The second-order valence-electron chi connectivity index (χ2n) is 4.11. The molecule has 0 bridgehead atoms. The highest BCUT2D eigenvalue weighted by Gasteiger charge is 2.28. The van der Waals surface area contributed by atoms with Gasteiger partial charge in [0.05, 0.1) is 13.2 Å². The van der Waals surface area contributed by atoms with Crippen LogP contribution in [0.3, 0.4) is 0 Å². The maximum absolute atomic E-state index is 11.6. The van der Waals surface area contributed by atoms with Gasteiger partial charge in [-0.15, -0.1) is 0 Å². The number of hydrogen-bond donors (Lipinski definition) is 1. The summed E-state index contributed by atoms with van der Waals surface area (Å²) in [6.07, 6.45) is -0.767. The number of hydrogen-bond acceptors (Lipinski definition) is 4. The van der Waals surface area contributed by atoms with Crippen molar-refractivity contribution in [2.75, 3.05) is 14.2 Å². The SMILES string of the molecule is COC(=O)[C@H]([C@@H](C)O)N(C)Cc1ccccc1. The first-order chi connectivity index (χ1) is 8.06. The zero-order chi connectivity index (χ0) is 12.8. The van der Waals surface area contributed by atoms with E-state index in [1.165, 1.54) is 7.11 Å². The van der Waals surface area contributed by atoms with Gasteiger partial charge in [0.2, 0.25) is 0 Å². The van der Waals surface area contributed by atoms with Crippen molar-refractivity contribution < 1.29 is 14.6 Å². The molecule has 0 saturated carbocycles. The molecule has 17 heavy (non-hydrogen) atoms. The Balaban J connectivity index is 2.72. The van der Waals surface area contributed by atoms with Crippen LogP contribution >= 0.6 is 0 Å². The molecule has 0 aromatic heterocycles. The Labute approximate surface area is 102 Å². The highest BCUT2D eigenvalue weighted by molar-refractivity contribution is 5.76. The van der Waals surface area contributed by atoms with Crippen LogP contribution < -0.4 is 0 Å². The lowest BCUT2D eigenvalue weighted by molar-refractivity contribution is -0.150. The maximum Gasteiger partial charge on any atom is 0.325 e. The summed E-state index contributed by atoms with van der Waals surface area (Å²) in [6.45, 7) is 2.18. The average Bonchev–Trinajstić information content (AvgIpc) is 2.29. The molecule has 94 valence electrons. The van der Waals surface area contributed by atoms with Crippen LogP contribution in [0.1, 0.15) is 12.5 Å². The van der Waals surface area contributed by atoms with Crippen molar-refractivity contribution in [3.05, 3.63) is 35.9 Å². The van der Waals surface area contributed by atoms with Gasteiger partial charge in [-0.1, -0.05) is 30.3 Å². The van der Waals surface area contributed by atoms with Gasteiger partial charge in [-0.3, -0.25) is 9.69 Å². The molecule has 0 unspecified atom stereocenters. The largest absolute Gasteiger partial charge is 0.468 e. The summed E-state index contributed by atoms with van der Waals surface area (Å²) in [6, 6.07) is 9.15. The molecular weight excluding hydrogens is 218 g/mol. The number of aliphatic hydroxyl groups excluding tert-OH is 1. The smallest absolute Gasteiger partial charge is 0.325 e. The second kappa shape index (κ2) is 6.37. The van der Waals surface area contributed by atoms with Crippen molar-refractivity contribution in [3.63, 3.8) is 0 Å². The fourth-order valence-electron chi connectivity index (χ4n) is 1.84. The lowest BCUT2D eigenvalue weighted by Crippen LogP contribution is -2.46. The number of carbonyl (C=O) groups excluding carboxylic acids is 1. The van der Waals surface area contributed by atoms with E-state index in [-0.39, 0.29) is 0 Å². The van der Waals surface area contributed by atoms with Gasteiger partial charge in [0, 0.05) is 6.54 Å². The quantitative estimate of drug-likeness (QED) is 0.777. The summed E-state index contributed by atoms with van der Waals surface area (Å²) in [5, 5.41) is 9.62. The number of benzene rings is 1. The van der Waals surface area contributed by atoms with Crippen LogP contribution in [0.2, 0.25) is 0 Å². The van der Waals surface area contributed by atoms with E-state index >= 15 is 0 Å². The molecule has 4 nitrogen and oxygen atoms in total. The summed E-state index contributed by atoms with van der Waals surface area (Å²) in [4.78, 5) is 13.3. The minimum absolute atomic E-state index is 0.418. The van der Waals surface area contributed by atoms with Gasteiger partial charge in [-0.2, -0.15) is 0 Å². The standard InChI is InChI=1S/C13H19NO3/c1-10(15)12(13(16)17-3)14(2)9-11-7-5-4-6-8-11/h4-8,10,12,15H,9H2,1-3H3/t10-,12+/m1/s1. The van der Waals surface area contributed by atoms with Crippen LogP contribution in [-0.2, 0) is 16.1 Å². The van der Waals surface area contributed by atoms with Gasteiger partial charge >= 0.3 is 5.97 Å². The molecule has 0 spiro atoms. The average molecular weight is 237 g/mol. The molecule has 0 heterocycles. The monoisotopic (exact) mass is 237 g/mol. The number of ether oxygens (including phenoxy) is 1. The number of carbonyl (C=O) groups is 1. The fourth-order valence-corrected chi connectivity index (χ4v) is 1.84. The van der Waals surface area contributed by atoms with Crippen LogP contribution in [0.5, 0.6) is 0 Å². The summed E-state index contributed by atoms with van der Waals surface area (Å²) in [5.41, 5.74) is 1.09. The van der Waals surface area contributed by atoms with E-state index in [1.807, 2.05) is 30.3 Å². The van der Waals surface area contributed by atoms with Gasteiger partial charge in [0.15, 0.2) is 0 Å². The third kappa shape index (κ3) is 3.84. The minimum atomic E-state index is -0.767. The molecule has 4 heteroatoms. The fraction of sp³-hybridized carbons (Fsp3) is 0.462. The summed E-state index contributed by atoms with van der Waals surface area (Å²) >= 11 is 0. The van der Waals surface area contributed by atoms with E-state index in [4.69, 9.17) is 4.74 Å². The van der Waals surface area contributed by atoms with E-state index in [0.717, 1.165) is 5.56 Å². The van der Waals surface area contributed by atoms with Gasteiger partial charge in [-0.05, 0) is 19.5 Å². The van der Waals surface area contributed by atoms with Crippen LogP contribution in [-0.4, -0.2) is 42.3 Å². The molecule has 2 atom stereocenters. The number of esters is 1. The highest BCUT2D eigenvalue weighted by atomic mass is 16.5. The maximum atomic E-state index is 11.6. The van der Waals surface area contributed by atoms with Gasteiger partial charge < -0.3 is 9.84 Å². The molecule has 1 rings (SSSR count). The van der Waals surface area contributed by atoms with Crippen LogP contribution in [0.15, 0.2) is 30.3 Å². The minimum Gasteiger partial charge on any atom is -0.468 e. The van der Waals surface area contributed by atoms with Crippen molar-refractivity contribution >= 4 is 5.97 Å². The Morgan fingerprint density at radius 2 is 2.00 bits per heavy atom. The van der Waals surface area contributed by atoms with Crippen molar-refractivity contribution in [2.24, 2.45) is 0 Å². The van der Waals surface area contributed by atoms with Crippen molar-refractivity contribution in [3.8, 4) is 0 Å². The second-order valence-corrected chi connectivity index (χ2v) is 4.11. The molecule has 0 radical (unpaired) electrons. The Hall–Kier alpha value is -1.39. The molecule has 0 aliphatic carbocycles. The van der Waals surface area contributed by atoms with Crippen LogP contribution in [0, 0.1) is 0 Å². The normalized spacial score (nSPS) is 14.4. The first-order valence-electron chi connectivity index (χ1n) is 5.56. The molecule has 0 saturated heterocycles. The Kier molecular flexibility index (Phi) is 5.12. The zero-order valence-electron chi connectivity index (χ0n) is 10.5. The lowest BCUT2D eigenvalue weighted by Gasteiger charge is -2.27. The van der Waals surface area contributed by atoms with Gasteiger partial charge in [0.25, 0.3) is 0 Å². The van der Waals surface area contributed by atoms with E-state index in [9.17, 15) is 9.90 Å². The van der Waals surface area contributed by atoms with Crippen molar-refractivity contribution in [1.82, 2.24) is 4.90 Å². The molecule has 1 N–H and O–H groups in total. The Morgan fingerprint density at radius 1 is 1.41 bits per heavy atom. The first-order valence-corrected chi connectivity index (χ1v) is 5.56. The van der Waals surface area contributed by atoms with Crippen LogP contribution in [0.4, 0.5) is 0 Å². The van der Waals surface area contributed by atoms with Crippen molar-refractivity contribution in [2.45, 2.75) is 25.6 Å². The Morgan fingerprint density at radius 3 is 2.47 bits per heavy atom. The van der Waals surface area contributed by atoms with Gasteiger partial charge in [-0.25, -0.2) is 0 Å². The predicted octanol–water partition coefficient (Wildman–Crippen LogP) is 1.04. The third-order valence-electron chi connectivity index (χ3n) is 2.65. The summed E-state index contributed by atoms with van der Waals surface area (Å²) < 4.78 is 4.69. The van der Waals surface area contributed by atoms with Crippen LogP contribution in [0.25, 0.3) is 0 Å². The van der Waals surface area contributed by atoms with Crippen molar-refractivity contribution in [1.29, 1.82) is 0 Å². The molecule has 1 aromatic carbocycles. The lowest BCUT2D eigenvalue weighted by atomic mass is 10.1. The highest BCUT2D eigenvalue weighted by Crippen LogP contribution is 2.10. The molecule has 1 aromatic rings. The molecule has 0 aliphatic rings.